The summed E-state index contributed by atoms with van der Waals surface area (Å²) in [5.74, 6) is 0. The van der Waals surface area contributed by atoms with E-state index in [-0.39, 0.29) is 12.2 Å². The van der Waals surface area contributed by atoms with Crippen molar-refractivity contribution in [2.24, 2.45) is 0 Å². The Labute approximate surface area is 96.4 Å². The standard InChI is InChI=1S/C9H12F3N5/c1-16(2)5-6-17-8(9(10,11)12)7(3-4-13)14-15-17/h3,5-6H2,1-2H3. The van der Waals surface area contributed by atoms with Gasteiger partial charge in [-0.3, -0.25) is 0 Å². The molecule has 0 aliphatic heterocycles. The van der Waals surface area contributed by atoms with Crippen molar-refractivity contribution in [3.63, 3.8) is 0 Å². The topological polar surface area (TPSA) is 57.7 Å². The van der Waals surface area contributed by atoms with Crippen molar-refractivity contribution in [3.05, 3.63) is 11.4 Å². The van der Waals surface area contributed by atoms with Crippen molar-refractivity contribution in [1.82, 2.24) is 19.9 Å². The Kier molecular flexibility index (Phi) is 4.07. The van der Waals surface area contributed by atoms with E-state index >= 15 is 0 Å². The van der Waals surface area contributed by atoms with Crippen LogP contribution in [0.1, 0.15) is 11.4 Å². The van der Waals surface area contributed by atoms with Gasteiger partial charge in [0.15, 0.2) is 5.69 Å². The molecular weight excluding hydrogens is 235 g/mol. The van der Waals surface area contributed by atoms with Gasteiger partial charge in [-0.2, -0.15) is 18.4 Å². The zero-order valence-corrected chi connectivity index (χ0v) is 9.49. The number of hydrogen-bond acceptors (Lipinski definition) is 4. The highest BCUT2D eigenvalue weighted by Crippen LogP contribution is 2.31. The number of alkyl halides is 3. The van der Waals surface area contributed by atoms with E-state index in [0.29, 0.717) is 6.54 Å². The van der Waals surface area contributed by atoms with Crippen molar-refractivity contribution < 1.29 is 13.2 Å². The summed E-state index contributed by atoms with van der Waals surface area (Å²) in [4.78, 5) is 1.74. The molecule has 0 fully saturated rings. The molecule has 17 heavy (non-hydrogen) atoms. The molecule has 0 radical (unpaired) electrons. The summed E-state index contributed by atoms with van der Waals surface area (Å²) < 4.78 is 39.1. The Bertz CT molecular complexity index is 415. The van der Waals surface area contributed by atoms with Gasteiger partial charge in [0, 0.05) is 6.54 Å². The normalized spacial score (nSPS) is 11.8. The molecular formula is C9H12F3N5. The molecule has 0 atom stereocenters. The lowest BCUT2D eigenvalue weighted by Gasteiger charge is -2.13. The SMILES string of the molecule is CN(C)CCn1nnc(CC#N)c1C(F)(F)F. The Balaban J connectivity index is 3.02. The molecule has 5 nitrogen and oxygen atoms in total. The van der Waals surface area contributed by atoms with Crippen LogP contribution in [0.15, 0.2) is 0 Å². The van der Waals surface area contributed by atoms with Gasteiger partial charge in [0.2, 0.25) is 0 Å². The van der Waals surface area contributed by atoms with Crippen molar-refractivity contribution >= 4 is 0 Å². The predicted octanol–water partition coefficient (Wildman–Crippen LogP) is 0.925. The molecule has 0 aliphatic carbocycles. The highest BCUT2D eigenvalue weighted by Gasteiger charge is 2.39. The van der Waals surface area contributed by atoms with Crippen molar-refractivity contribution in [2.45, 2.75) is 19.1 Å². The quantitative estimate of drug-likeness (QED) is 0.794. The summed E-state index contributed by atoms with van der Waals surface area (Å²) in [6, 6.07) is 1.65. The molecule has 8 heteroatoms. The van der Waals surface area contributed by atoms with E-state index < -0.39 is 18.3 Å². The monoisotopic (exact) mass is 247 g/mol. The van der Waals surface area contributed by atoms with Crippen LogP contribution < -0.4 is 0 Å². The average molecular weight is 247 g/mol. The van der Waals surface area contributed by atoms with Gasteiger partial charge in [0.25, 0.3) is 0 Å². The Morgan fingerprint density at radius 3 is 2.53 bits per heavy atom. The molecule has 1 rings (SSSR count). The number of nitrogens with zero attached hydrogens (tertiary/aromatic N) is 5. The molecule has 0 saturated carbocycles. The van der Waals surface area contributed by atoms with E-state index in [0.717, 1.165) is 4.68 Å². The van der Waals surface area contributed by atoms with Gasteiger partial charge in [-0.1, -0.05) is 5.21 Å². The summed E-state index contributed by atoms with van der Waals surface area (Å²) in [7, 11) is 3.50. The van der Waals surface area contributed by atoms with Gasteiger partial charge in [-0.15, -0.1) is 5.10 Å². The van der Waals surface area contributed by atoms with Crippen molar-refractivity contribution in [2.75, 3.05) is 20.6 Å². The number of halogens is 3. The minimum Gasteiger partial charge on any atom is -0.308 e. The lowest BCUT2D eigenvalue weighted by atomic mass is 10.2. The Hall–Kier alpha value is -1.62. The molecule has 94 valence electrons. The van der Waals surface area contributed by atoms with Gasteiger partial charge in [0.1, 0.15) is 5.69 Å². The van der Waals surface area contributed by atoms with Crippen molar-refractivity contribution in [1.29, 1.82) is 5.26 Å². The maximum atomic E-state index is 12.8. The largest absolute Gasteiger partial charge is 0.434 e. The van der Waals surface area contributed by atoms with Gasteiger partial charge in [-0.05, 0) is 14.1 Å². The first-order valence-corrected chi connectivity index (χ1v) is 4.87. The molecule has 0 amide bonds. The fraction of sp³-hybridized carbons (Fsp3) is 0.667. The number of rotatable bonds is 4. The molecule has 0 spiro atoms. The first kappa shape index (κ1) is 13.4. The Morgan fingerprint density at radius 2 is 2.06 bits per heavy atom. The minimum atomic E-state index is -4.54. The third kappa shape index (κ3) is 3.42. The van der Waals surface area contributed by atoms with Gasteiger partial charge in [-0.25, -0.2) is 4.68 Å². The molecule has 1 aromatic heterocycles. The lowest BCUT2D eigenvalue weighted by Crippen LogP contribution is -2.23. The maximum absolute atomic E-state index is 12.8. The summed E-state index contributed by atoms with van der Waals surface area (Å²) in [6.45, 7) is 0.499. The molecule has 0 saturated heterocycles. The second kappa shape index (κ2) is 5.14. The highest BCUT2D eigenvalue weighted by molar-refractivity contribution is 5.17. The van der Waals surface area contributed by atoms with Crippen LogP contribution in [-0.2, 0) is 19.1 Å². The number of likely N-dealkylation sites (N-methyl/N-ethyl adjacent to an activating group) is 1. The van der Waals surface area contributed by atoms with E-state index in [9.17, 15) is 13.2 Å². The van der Waals surface area contributed by atoms with Crippen LogP contribution in [0.2, 0.25) is 0 Å². The van der Waals surface area contributed by atoms with Gasteiger partial charge >= 0.3 is 6.18 Å². The predicted molar refractivity (Wildman–Crippen MR) is 52.9 cm³/mol. The number of aromatic nitrogens is 3. The summed E-state index contributed by atoms with van der Waals surface area (Å²) >= 11 is 0. The third-order valence-electron chi connectivity index (χ3n) is 2.08. The van der Waals surface area contributed by atoms with E-state index in [1.807, 2.05) is 0 Å². The van der Waals surface area contributed by atoms with Crippen LogP contribution in [0.25, 0.3) is 0 Å². The molecule has 1 heterocycles. The lowest BCUT2D eigenvalue weighted by molar-refractivity contribution is -0.144. The highest BCUT2D eigenvalue weighted by atomic mass is 19.4. The summed E-state index contributed by atoms with van der Waals surface area (Å²) in [5, 5.41) is 15.3. The minimum absolute atomic E-state index is 0.0836. The molecule has 0 aliphatic rings. The van der Waals surface area contributed by atoms with E-state index in [1.54, 1.807) is 25.1 Å². The first-order valence-electron chi connectivity index (χ1n) is 4.87. The van der Waals surface area contributed by atoms with Crippen molar-refractivity contribution in [3.8, 4) is 6.07 Å². The summed E-state index contributed by atoms with van der Waals surface area (Å²) in [6.07, 6.45) is -4.93. The van der Waals surface area contributed by atoms with E-state index in [2.05, 4.69) is 10.3 Å². The van der Waals surface area contributed by atoms with Gasteiger partial charge in [0.05, 0.1) is 19.0 Å². The Morgan fingerprint density at radius 1 is 1.41 bits per heavy atom. The smallest absolute Gasteiger partial charge is 0.308 e. The van der Waals surface area contributed by atoms with Gasteiger partial charge < -0.3 is 4.90 Å². The molecule has 0 N–H and O–H groups in total. The van der Waals surface area contributed by atoms with E-state index in [1.165, 1.54) is 0 Å². The second-order valence-electron chi connectivity index (χ2n) is 3.74. The third-order valence-corrected chi connectivity index (χ3v) is 2.08. The first-order chi connectivity index (χ1) is 7.86. The summed E-state index contributed by atoms with van der Waals surface area (Å²) in [5.41, 5.74) is -1.25. The fourth-order valence-corrected chi connectivity index (χ4v) is 1.30. The number of nitriles is 1. The van der Waals surface area contributed by atoms with Crippen LogP contribution in [0.3, 0.4) is 0 Å². The molecule has 0 aromatic carbocycles. The second-order valence-corrected chi connectivity index (χ2v) is 3.74. The van der Waals surface area contributed by atoms with Crippen LogP contribution in [-0.4, -0.2) is 40.5 Å². The van der Waals surface area contributed by atoms with Crippen LogP contribution in [0.4, 0.5) is 13.2 Å². The van der Waals surface area contributed by atoms with E-state index in [4.69, 9.17) is 5.26 Å². The molecule has 0 unspecified atom stereocenters. The zero-order valence-electron chi connectivity index (χ0n) is 9.49. The van der Waals surface area contributed by atoms with Crippen LogP contribution >= 0.6 is 0 Å². The van der Waals surface area contributed by atoms with Crippen LogP contribution in [0, 0.1) is 11.3 Å². The molecule has 1 aromatic rings. The van der Waals surface area contributed by atoms with Crippen LogP contribution in [0.5, 0.6) is 0 Å². The molecule has 0 bridgehead atoms. The zero-order chi connectivity index (χ0) is 13.1. The average Bonchev–Trinajstić information content (AvgIpc) is 2.58. The maximum Gasteiger partial charge on any atom is 0.434 e. The number of hydrogen-bond donors (Lipinski definition) is 0. The fourth-order valence-electron chi connectivity index (χ4n) is 1.30.